The van der Waals surface area contributed by atoms with Gasteiger partial charge in [0.05, 0.1) is 13.2 Å². The van der Waals surface area contributed by atoms with E-state index in [9.17, 15) is 4.39 Å². The lowest BCUT2D eigenvalue weighted by Gasteiger charge is -2.26. The summed E-state index contributed by atoms with van der Waals surface area (Å²) in [6, 6.07) is 5.46. The second kappa shape index (κ2) is 5.76. The van der Waals surface area contributed by atoms with Crippen LogP contribution < -0.4 is 0 Å². The van der Waals surface area contributed by atoms with Crippen molar-refractivity contribution in [1.82, 2.24) is 4.90 Å². The highest BCUT2D eigenvalue weighted by Crippen LogP contribution is 2.20. The van der Waals surface area contributed by atoms with Crippen LogP contribution in [0.2, 0.25) is 0 Å². The van der Waals surface area contributed by atoms with E-state index < -0.39 is 0 Å². The van der Waals surface area contributed by atoms with E-state index in [1.807, 2.05) is 28.7 Å². The summed E-state index contributed by atoms with van der Waals surface area (Å²) in [6.45, 7) is 3.55. The SMILES string of the molecule is N#Cc1c(I)ccc(CN2CCOCC2)c1F. The fourth-order valence-electron chi connectivity index (χ4n) is 1.82. The van der Waals surface area contributed by atoms with Crippen molar-refractivity contribution >= 4 is 22.6 Å². The monoisotopic (exact) mass is 346 g/mol. The van der Waals surface area contributed by atoms with Crippen LogP contribution in [0.5, 0.6) is 0 Å². The van der Waals surface area contributed by atoms with E-state index in [-0.39, 0.29) is 11.4 Å². The standard InChI is InChI=1S/C12H12FIN2O/c13-12-9(1-2-11(14)10(12)7-15)8-16-3-5-17-6-4-16/h1-2H,3-6,8H2. The molecular weight excluding hydrogens is 334 g/mol. The molecule has 0 bridgehead atoms. The smallest absolute Gasteiger partial charge is 0.146 e. The van der Waals surface area contributed by atoms with E-state index in [1.54, 1.807) is 12.1 Å². The second-order valence-electron chi connectivity index (χ2n) is 3.90. The first-order chi connectivity index (χ1) is 8.22. The Hall–Kier alpha value is -0.710. The number of rotatable bonds is 2. The Morgan fingerprint density at radius 2 is 2.12 bits per heavy atom. The number of halogens is 2. The number of nitrogens with zero attached hydrogens (tertiary/aromatic N) is 2. The first-order valence-electron chi connectivity index (χ1n) is 5.39. The van der Waals surface area contributed by atoms with Crippen LogP contribution in [0.3, 0.4) is 0 Å². The molecule has 0 saturated carbocycles. The number of morpholine rings is 1. The number of ether oxygens (including phenoxy) is 1. The zero-order valence-corrected chi connectivity index (χ0v) is 11.4. The van der Waals surface area contributed by atoms with Crippen molar-refractivity contribution < 1.29 is 9.13 Å². The van der Waals surface area contributed by atoms with Gasteiger partial charge in [-0.15, -0.1) is 0 Å². The lowest BCUT2D eigenvalue weighted by atomic mass is 10.1. The average molecular weight is 346 g/mol. The van der Waals surface area contributed by atoms with E-state index in [4.69, 9.17) is 10.00 Å². The molecule has 1 aromatic carbocycles. The van der Waals surface area contributed by atoms with E-state index in [0.717, 1.165) is 13.1 Å². The molecule has 90 valence electrons. The highest BCUT2D eigenvalue weighted by Gasteiger charge is 2.16. The summed E-state index contributed by atoms with van der Waals surface area (Å²) in [5.74, 6) is -0.383. The van der Waals surface area contributed by atoms with E-state index in [2.05, 4.69) is 4.90 Å². The first kappa shape index (κ1) is 12.7. The van der Waals surface area contributed by atoms with Crippen LogP contribution in [0, 0.1) is 20.7 Å². The molecule has 2 rings (SSSR count). The molecule has 1 heterocycles. The largest absolute Gasteiger partial charge is 0.379 e. The molecular formula is C12H12FIN2O. The zero-order valence-electron chi connectivity index (χ0n) is 9.25. The van der Waals surface area contributed by atoms with Crippen molar-refractivity contribution in [2.45, 2.75) is 6.54 Å². The van der Waals surface area contributed by atoms with Gasteiger partial charge in [0.25, 0.3) is 0 Å². The predicted molar refractivity (Wildman–Crippen MR) is 69.9 cm³/mol. The van der Waals surface area contributed by atoms with Crippen LogP contribution >= 0.6 is 22.6 Å². The van der Waals surface area contributed by atoms with Gasteiger partial charge in [0.2, 0.25) is 0 Å². The van der Waals surface area contributed by atoms with Gasteiger partial charge >= 0.3 is 0 Å². The topological polar surface area (TPSA) is 36.3 Å². The molecule has 0 aromatic heterocycles. The fraction of sp³-hybridized carbons (Fsp3) is 0.417. The van der Waals surface area contributed by atoms with Crippen LogP contribution in [0.25, 0.3) is 0 Å². The maximum Gasteiger partial charge on any atom is 0.146 e. The van der Waals surface area contributed by atoms with Gasteiger partial charge in [-0.25, -0.2) is 4.39 Å². The molecule has 1 aliphatic heterocycles. The van der Waals surface area contributed by atoms with Gasteiger partial charge in [-0.1, -0.05) is 6.07 Å². The van der Waals surface area contributed by atoms with Gasteiger partial charge in [0.15, 0.2) is 0 Å². The predicted octanol–water partition coefficient (Wildman–Crippen LogP) is 2.13. The molecule has 3 nitrogen and oxygen atoms in total. The third-order valence-electron chi connectivity index (χ3n) is 2.78. The summed E-state index contributed by atoms with van der Waals surface area (Å²) in [5, 5.41) is 8.90. The Morgan fingerprint density at radius 1 is 1.41 bits per heavy atom. The summed E-state index contributed by atoms with van der Waals surface area (Å²) in [7, 11) is 0. The molecule has 0 radical (unpaired) electrons. The van der Waals surface area contributed by atoms with Crippen LogP contribution in [0.1, 0.15) is 11.1 Å². The number of nitriles is 1. The van der Waals surface area contributed by atoms with Crippen molar-refractivity contribution in [1.29, 1.82) is 5.26 Å². The molecule has 0 N–H and O–H groups in total. The maximum absolute atomic E-state index is 14.0. The molecule has 0 amide bonds. The minimum atomic E-state index is -0.383. The molecule has 0 unspecified atom stereocenters. The van der Waals surface area contributed by atoms with Gasteiger partial charge in [0, 0.05) is 28.8 Å². The minimum absolute atomic E-state index is 0.149. The molecule has 0 aliphatic carbocycles. The Kier molecular flexibility index (Phi) is 4.31. The summed E-state index contributed by atoms with van der Waals surface area (Å²) in [5.41, 5.74) is 0.736. The number of hydrogen-bond acceptors (Lipinski definition) is 3. The van der Waals surface area contributed by atoms with Crippen molar-refractivity contribution in [3.63, 3.8) is 0 Å². The van der Waals surface area contributed by atoms with Crippen LogP contribution in [-0.2, 0) is 11.3 Å². The van der Waals surface area contributed by atoms with Crippen molar-refractivity contribution in [2.75, 3.05) is 26.3 Å². The third kappa shape index (κ3) is 2.94. The van der Waals surface area contributed by atoms with Gasteiger partial charge in [-0.2, -0.15) is 5.26 Å². The lowest BCUT2D eigenvalue weighted by molar-refractivity contribution is 0.0337. The molecule has 1 aromatic rings. The summed E-state index contributed by atoms with van der Waals surface area (Å²) in [4.78, 5) is 2.13. The van der Waals surface area contributed by atoms with Crippen LogP contribution in [0.15, 0.2) is 12.1 Å². The highest BCUT2D eigenvalue weighted by atomic mass is 127. The lowest BCUT2D eigenvalue weighted by Crippen LogP contribution is -2.35. The Labute approximate surface area is 113 Å². The average Bonchev–Trinajstić information content (AvgIpc) is 2.35. The Bertz CT molecular complexity index is 453. The highest BCUT2D eigenvalue weighted by molar-refractivity contribution is 14.1. The van der Waals surface area contributed by atoms with E-state index in [1.165, 1.54) is 0 Å². The van der Waals surface area contributed by atoms with Crippen molar-refractivity contribution in [2.24, 2.45) is 0 Å². The summed E-state index contributed by atoms with van der Waals surface area (Å²) < 4.78 is 19.9. The molecule has 1 saturated heterocycles. The van der Waals surface area contributed by atoms with Crippen LogP contribution in [-0.4, -0.2) is 31.2 Å². The van der Waals surface area contributed by atoms with Gasteiger partial charge in [0.1, 0.15) is 17.4 Å². The maximum atomic E-state index is 14.0. The number of hydrogen-bond donors (Lipinski definition) is 0. The van der Waals surface area contributed by atoms with Gasteiger partial charge in [-0.3, -0.25) is 4.90 Å². The van der Waals surface area contributed by atoms with Crippen molar-refractivity contribution in [3.05, 3.63) is 32.6 Å². The van der Waals surface area contributed by atoms with Crippen LogP contribution in [0.4, 0.5) is 4.39 Å². The van der Waals surface area contributed by atoms with Gasteiger partial charge in [-0.05, 0) is 28.7 Å². The molecule has 1 aliphatic rings. The van der Waals surface area contributed by atoms with Gasteiger partial charge < -0.3 is 4.74 Å². The third-order valence-corrected chi connectivity index (χ3v) is 3.68. The Balaban J connectivity index is 2.18. The second-order valence-corrected chi connectivity index (χ2v) is 5.06. The minimum Gasteiger partial charge on any atom is -0.379 e. The Morgan fingerprint density at radius 3 is 2.76 bits per heavy atom. The summed E-state index contributed by atoms with van der Waals surface area (Å²) >= 11 is 1.98. The normalized spacial score (nSPS) is 16.8. The molecule has 5 heteroatoms. The number of benzene rings is 1. The van der Waals surface area contributed by atoms with E-state index >= 15 is 0 Å². The quantitative estimate of drug-likeness (QED) is 0.770. The van der Waals surface area contributed by atoms with Crippen molar-refractivity contribution in [3.8, 4) is 6.07 Å². The molecule has 17 heavy (non-hydrogen) atoms. The first-order valence-corrected chi connectivity index (χ1v) is 6.47. The summed E-state index contributed by atoms with van der Waals surface area (Å²) in [6.07, 6.45) is 0. The molecule has 0 atom stereocenters. The van der Waals surface area contributed by atoms with E-state index in [0.29, 0.717) is 28.9 Å². The molecule has 1 fully saturated rings. The zero-order chi connectivity index (χ0) is 12.3. The fourth-order valence-corrected chi connectivity index (χ4v) is 2.36. The molecule has 0 spiro atoms.